The van der Waals surface area contributed by atoms with E-state index in [1.807, 2.05) is 24.3 Å². The molecule has 1 aliphatic carbocycles. The third kappa shape index (κ3) is 3.46. The van der Waals surface area contributed by atoms with Gasteiger partial charge in [0.1, 0.15) is 23.0 Å². The van der Waals surface area contributed by atoms with E-state index in [0.29, 0.717) is 0 Å². The zero-order valence-corrected chi connectivity index (χ0v) is 22.9. The third-order valence-electron chi connectivity index (χ3n) is 8.04. The van der Waals surface area contributed by atoms with Gasteiger partial charge in [0, 0.05) is 21.5 Å². The van der Waals surface area contributed by atoms with Gasteiger partial charge in [-0.25, -0.2) is 0 Å². The van der Waals surface area contributed by atoms with Crippen LogP contribution >= 0.6 is 0 Å². The van der Waals surface area contributed by atoms with Gasteiger partial charge in [0.25, 0.3) is 0 Å². The summed E-state index contributed by atoms with van der Waals surface area (Å²) in [7, 11) is 6.85. The predicted octanol–water partition coefficient (Wildman–Crippen LogP) is 7.49. The lowest BCUT2D eigenvalue weighted by Crippen LogP contribution is -1.94. The standard InChI is InChI=1S/C36H28O4/c1-37-33-13-14-34(38-2)30-18-26-23-11-7-8-12-24(23)28-20-32-31(35(39-3)15-16-36(32)40-4)19-27(28)22-10-6-5-9-21(22)25(26)17-29(30)33/h5-20H,1-4H3/b25-21-,26-23-,27-22-,28-24-. The summed E-state index contributed by atoms with van der Waals surface area (Å²) in [4.78, 5) is 0. The molecule has 6 aromatic carbocycles. The van der Waals surface area contributed by atoms with Gasteiger partial charge in [-0.1, -0.05) is 48.5 Å². The van der Waals surface area contributed by atoms with Gasteiger partial charge in [0.15, 0.2) is 0 Å². The highest BCUT2D eigenvalue weighted by Gasteiger charge is 2.12. The van der Waals surface area contributed by atoms with Gasteiger partial charge in [0.05, 0.1) is 28.4 Å². The van der Waals surface area contributed by atoms with E-state index in [1.54, 1.807) is 28.4 Å². The normalized spacial score (nSPS) is 15.1. The van der Waals surface area contributed by atoms with Crippen LogP contribution in [0.3, 0.4) is 0 Å². The number of benzene rings is 6. The molecule has 0 saturated carbocycles. The summed E-state index contributed by atoms with van der Waals surface area (Å²) in [6, 6.07) is 34.1. The summed E-state index contributed by atoms with van der Waals surface area (Å²) in [6.07, 6.45) is 0. The number of methoxy groups -OCH3 is 4. The molecular weight excluding hydrogens is 496 g/mol. The van der Waals surface area contributed by atoms with Gasteiger partial charge in [0.2, 0.25) is 0 Å². The average Bonchev–Trinajstić information content (AvgIpc) is 3.01. The van der Waals surface area contributed by atoms with E-state index >= 15 is 0 Å². The van der Waals surface area contributed by atoms with E-state index in [-0.39, 0.29) is 0 Å². The molecule has 0 fully saturated rings. The number of ether oxygens (including phenoxy) is 4. The van der Waals surface area contributed by atoms with Gasteiger partial charge < -0.3 is 18.9 Å². The van der Waals surface area contributed by atoms with Crippen LogP contribution in [0.25, 0.3) is 21.5 Å². The Hall–Kier alpha value is -4.96. The van der Waals surface area contributed by atoms with E-state index in [1.165, 1.54) is 0 Å². The van der Waals surface area contributed by atoms with Crippen LogP contribution < -0.4 is 18.9 Å². The second-order valence-corrected chi connectivity index (χ2v) is 9.92. The van der Waals surface area contributed by atoms with Crippen molar-refractivity contribution in [2.75, 3.05) is 28.4 Å². The molecule has 0 heterocycles. The summed E-state index contributed by atoms with van der Waals surface area (Å²) in [5.74, 6) is 3.26. The van der Waals surface area contributed by atoms with Gasteiger partial charge in [-0.05, 0) is 90.3 Å². The first-order valence-electron chi connectivity index (χ1n) is 13.2. The number of hydrogen-bond donors (Lipinski definition) is 0. The molecule has 0 bridgehead atoms. The Morgan fingerprint density at radius 2 is 0.525 bits per heavy atom. The van der Waals surface area contributed by atoms with Gasteiger partial charge in [-0.15, -0.1) is 0 Å². The number of rotatable bonds is 4. The van der Waals surface area contributed by atoms with Crippen LogP contribution in [0.4, 0.5) is 0 Å². The van der Waals surface area contributed by atoms with Gasteiger partial charge in [-0.2, -0.15) is 0 Å². The highest BCUT2D eigenvalue weighted by atomic mass is 16.5. The largest absolute Gasteiger partial charge is 0.496 e. The minimum Gasteiger partial charge on any atom is -0.496 e. The van der Waals surface area contributed by atoms with Crippen molar-refractivity contribution in [3.05, 3.63) is 139 Å². The molecule has 0 amide bonds. The lowest BCUT2D eigenvalue weighted by molar-refractivity contribution is 0.410. The topological polar surface area (TPSA) is 36.9 Å². The molecule has 1 aliphatic rings. The molecule has 0 unspecified atom stereocenters. The Bertz CT molecular complexity index is 2040. The van der Waals surface area contributed by atoms with Crippen molar-refractivity contribution in [3.63, 3.8) is 0 Å². The molecule has 0 spiro atoms. The maximum Gasteiger partial charge on any atom is 0.126 e. The van der Waals surface area contributed by atoms with Crippen molar-refractivity contribution in [1.82, 2.24) is 0 Å². The molecule has 7 rings (SSSR count). The first kappa shape index (κ1) is 24.1. The average molecular weight is 525 g/mol. The minimum atomic E-state index is 0.814. The van der Waals surface area contributed by atoms with E-state index in [9.17, 15) is 0 Å². The summed E-state index contributed by atoms with van der Waals surface area (Å²) >= 11 is 0. The molecule has 0 radical (unpaired) electrons. The summed E-state index contributed by atoms with van der Waals surface area (Å²) < 4.78 is 23.2. The Balaban J connectivity index is 1.93. The van der Waals surface area contributed by atoms with E-state index in [0.717, 1.165) is 86.3 Å². The van der Waals surface area contributed by atoms with E-state index in [2.05, 4.69) is 72.8 Å². The molecule has 196 valence electrons. The van der Waals surface area contributed by atoms with Crippen LogP contribution in [0.2, 0.25) is 0 Å². The minimum absolute atomic E-state index is 0.814. The zero-order chi connectivity index (χ0) is 27.4. The smallest absolute Gasteiger partial charge is 0.126 e. The fourth-order valence-electron chi connectivity index (χ4n) is 6.19. The van der Waals surface area contributed by atoms with E-state index in [4.69, 9.17) is 18.9 Å². The molecule has 4 heteroatoms. The first-order chi connectivity index (χ1) is 19.7. The van der Waals surface area contributed by atoms with Gasteiger partial charge >= 0.3 is 0 Å². The van der Waals surface area contributed by atoms with Crippen molar-refractivity contribution in [2.45, 2.75) is 0 Å². The van der Waals surface area contributed by atoms with Crippen molar-refractivity contribution in [1.29, 1.82) is 0 Å². The second kappa shape index (κ2) is 9.35. The van der Waals surface area contributed by atoms with Crippen LogP contribution in [0.5, 0.6) is 23.0 Å². The molecule has 0 aliphatic heterocycles. The highest BCUT2D eigenvalue weighted by Crippen LogP contribution is 2.36. The Labute approximate surface area is 230 Å². The number of hydrogen-bond acceptors (Lipinski definition) is 4. The van der Waals surface area contributed by atoms with Crippen molar-refractivity contribution < 1.29 is 18.9 Å². The van der Waals surface area contributed by atoms with Crippen molar-refractivity contribution in [2.24, 2.45) is 0 Å². The molecule has 0 saturated heterocycles. The van der Waals surface area contributed by atoms with Gasteiger partial charge in [-0.3, -0.25) is 0 Å². The second-order valence-electron chi connectivity index (χ2n) is 9.92. The molecule has 0 N–H and O–H groups in total. The van der Waals surface area contributed by atoms with Crippen molar-refractivity contribution >= 4 is 21.5 Å². The Kier molecular flexibility index (Phi) is 5.64. The number of fused-ring (bicyclic) bond motifs is 6. The lowest BCUT2D eigenvalue weighted by atomic mass is 9.97. The van der Waals surface area contributed by atoms with E-state index < -0.39 is 0 Å². The quantitative estimate of drug-likeness (QED) is 0.239. The fraction of sp³-hybridized carbons (Fsp3) is 0.111. The molecule has 4 nitrogen and oxygen atoms in total. The van der Waals surface area contributed by atoms with Crippen LogP contribution in [0.1, 0.15) is 0 Å². The Morgan fingerprint density at radius 1 is 0.300 bits per heavy atom. The predicted molar refractivity (Wildman–Crippen MR) is 158 cm³/mol. The summed E-state index contributed by atoms with van der Waals surface area (Å²) in [5, 5.41) is 13.2. The monoisotopic (exact) mass is 524 g/mol. The van der Waals surface area contributed by atoms with Crippen LogP contribution in [-0.2, 0) is 0 Å². The molecule has 6 aromatic rings. The molecule has 40 heavy (non-hydrogen) atoms. The van der Waals surface area contributed by atoms with Crippen molar-refractivity contribution in [3.8, 4) is 23.0 Å². The molecule has 0 atom stereocenters. The summed E-state index contributed by atoms with van der Waals surface area (Å²) in [6.45, 7) is 0. The first-order valence-corrected chi connectivity index (χ1v) is 13.2. The third-order valence-corrected chi connectivity index (χ3v) is 8.04. The zero-order valence-electron chi connectivity index (χ0n) is 22.9. The summed E-state index contributed by atoms with van der Waals surface area (Å²) in [5.41, 5.74) is 0. The van der Waals surface area contributed by atoms with Crippen LogP contribution in [-0.4, -0.2) is 28.4 Å². The lowest BCUT2D eigenvalue weighted by Gasteiger charge is -2.12. The van der Waals surface area contributed by atoms with Crippen LogP contribution in [0, 0.1) is 41.7 Å². The molecule has 0 aromatic heterocycles. The Morgan fingerprint density at radius 3 is 0.725 bits per heavy atom. The maximum absolute atomic E-state index is 5.80. The molecular formula is C36H28O4. The fourth-order valence-corrected chi connectivity index (χ4v) is 6.19. The maximum atomic E-state index is 5.80. The highest BCUT2D eigenvalue weighted by molar-refractivity contribution is 5.94. The van der Waals surface area contributed by atoms with Crippen LogP contribution in [0.15, 0.2) is 97.1 Å². The SMILES string of the molecule is COc1ccc(OC)c2cc3/c(cc12)=c1/cccc/c1=c1\cc2c(OC)ccc(OC)c2c\c1=c1/cccc/c1=3.